The van der Waals surface area contributed by atoms with Crippen molar-refractivity contribution in [2.24, 2.45) is 0 Å². The minimum Gasteiger partial charge on any atom is -0.454 e. The molecule has 4 heteroatoms. The third-order valence-electron chi connectivity index (χ3n) is 3.15. The zero-order valence-corrected chi connectivity index (χ0v) is 11.1. The number of carbonyl (C=O) groups is 1. The van der Waals surface area contributed by atoms with Crippen LogP contribution in [0.15, 0.2) is 18.2 Å². The zero-order chi connectivity index (χ0) is 13.1. The maximum atomic E-state index is 12.4. The van der Waals surface area contributed by atoms with E-state index in [9.17, 15) is 4.79 Å². The first kappa shape index (κ1) is 12.9. The maximum absolute atomic E-state index is 12.4. The fourth-order valence-electron chi connectivity index (χ4n) is 2.14. The van der Waals surface area contributed by atoms with Crippen LogP contribution in [0.2, 0.25) is 0 Å². The van der Waals surface area contributed by atoms with E-state index in [0.29, 0.717) is 17.1 Å². The predicted molar refractivity (Wildman–Crippen MR) is 69.3 cm³/mol. The van der Waals surface area contributed by atoms with Crippen LogP contribution >= 0.6 is 0 Å². The van der Waals surface area contributed by atoms with E-state index in [1.54, 1.807) is 12.1 Å². The minimum absolute atomic E-state index is 0.0737. The standard InChI is InChI=1S/C14H19NO3/c1-4-5-11(15(2)3)14(16)10-6-7-12-13(8-10)18-9-17-12/h6-8,11H,4-5,9H2,1-3H3/t11-/m1/s1. The second kappa shape index (κ2) is 5.40. The Balaban J connectivity index is 2.22. The van der Waals surface area contributed by atoms with Crippen molar-refractivity contribution in [1.82, 2.24) is 4.90 Å². The molecule has 0 unspecified atom stereocenters. The van der Waals surface area contributed by atoms with E-state index >= 15 is 0 Å². The molecule has 1 aromatic carbocycles. The normalized spacial score (nSPS) is 14.9. The van der Waals surface area contributed by atoms with Crippen LogP contribution < -0.4 is 9.47 Å². The largest absolute Gasteiger partial charge is 0.454 e. The summed E-state index contributed by atoms with van der Waals surface area (Å²) in [6.45, 7) is 2.32. The topological polar surface area (TPSA) is 38.8 Å². The lowest BCUT2D eigenvalue weighted by molar-refractivity contribution is 0.0865. The summed E-state index contributed by atoms with van der Waals surface area (Å²) in [6, 6.07) is 5.31. The number of fused-ring (bicyclic) bond motifs is 1. The Hall–Kier alpha value is -1.55. The van der Waals surface area contributed by atoms with Crippen LogP contribution in [0.5, 0.6) is 11.5 Å². The lowest BCUT2D eigenvalue weighted by atomic mass is 9.99. The number of carbonyl (C=O) groups excluding carboxylic acids is 1. The number of likely N-dealkylation sites (N-methyl/N-ethyl adjacent to an activating group) is 1. The Labute approximate surface area is 107 Å². The molecule has 0 fully saturated rings. The Kier molecular flexibility index (Phi) is 3.87. The van der Waals surface area contributed by atoms with Crippen molar-refractivity contribution in [3.8, 4) is 11.5 Å². The summed E-state index contributed by atoms with van der Waals surface area (Å²) in [5.41, 5.74) is 0.686. The third-order valence-corrected chi connectivity index (χ3v) is 3.15. The SMILES string of the molecule is CCC[C@H](C(=O)c1ccc2c(c1)OCO2)N(C)C. The van der Waals surface area contributed by atoms with Gasteiger partial charge in [0.25, 0.3) is 0 Å². The van der Waals surface area contributed by atoms with Gasteiger partial charge >= 0.3 is 0 Å². The average Bonchev–Trinajstić information content (AvgIpc) is 2.81. The molecule has 0 amide bonds. The maximum Gasteiger partial charge on any atom is 0.231 e. The van der Waals surface area contributed by atoms with E-state index in [1.165, 1.54) is 0 Å². The summed E-state index contributed by atoms with van der Waals surface area (Å²) in [6.07, 6.45) is 1.85. The van der Waals surface area contributed by atoms with Crippen molar-refractivity contribution in [2.75, 3.05) is 20.9 Å². The summed E-state index contributed by atoms with van der Waals surface area (Å²) < 4.78 is 10.5. The number of ether oxygens (including phenoxy) is 2. The molecule has 0 bridgehead atoms. The Bertz CT molecular complexity index is 443. The lowest BCUT2D eigenvalue weighted by Crippen LogP contribution is -2.35. The van der Waals surface area contributed by atoms with Gasteiger partial charge < -0.3 is 9.47 Å². The van der Waals surface area contributed by atoms with Crippen molar-refractivity contribution in [3.63, 3.8) is 0 Å². The van der Waals surface area contributed by atoms with Crippen molar-refractivity contribution >= 4 is 5.78 Å². The summed E-state index contributed by atoms with van der Waals surface area (Å²) >= 11 is 0. The summed E-state index contributed by atoms with van der Waals surface area (Å²) in [4.78, 5) is 14.4. The fraction of sp³-hybridized carbons (Fsp3) is 0.500. The first-order valence-electron chi connectivity index (χ1n) is 6.23. The van der Waals surface area contributed by atoms with E-state index in [2.05, 4.69) is 6.92 Å². The molecule has 0 aliphatic carbocycles. The van der Waals surface area contributed by atoms with Gasteiger partial charge in [-0.3, -0.25) is 9.69 Å². The smallest absolute Gasteiger partial charge is 0.231 e. The lowest BCUT2D eigenvalue weighted by Gasteiger charge is -2.22. The van der Waals surface area contributed by atoms with Crippen molar-refractivity contribution in [1.29, 1.82) is 0 Å². The average molecular weight is 249 g/mol. The molecular formula is C14H19NO3. The van der Waals surface area contributed by atoms with Crippen LogP contribution in [0.4, 0.5) is 0 Å². The van der Waals surface area contributed by atoms with E-state index in [4.69, 9.17) is 9.47 Å². The number of Topliss-reactive ketones (excluding diaryl/α,β-unsaturated/α-hetero) is 1. The molecule has 4 nitrogen and oxygen atoms in total. The quantitative estimate of drug-likeness (QED) is 0.751. The van der Waals surface area contributed by atoms with Crippen molar-refractivity contribution < 1.29 is 14.3 Å². The molecule has 1 aliphatic heterocycles. The molecular weight excluding hydrogens is 230 g/mol. The predicted octanol–water partition coefficient (Wildman–Crippen LogP) is 2.33. The van der Waals surface area contributed by atoms with Crippen LogP contribution in [0, 0.1) is 0 Å². The van der Waals surface area contributed by atoms with E-state index < -0.39 is 0 Å². The summed E-state index contributed by atoms with van der Waals surface area (Å²) in [7, 11) is 3.87. The molecule has 1 aliphatic rings. The minimum atomic E-state index is -0.0737. The van der Waals surface area contributed by atoms with Gasteiger partial charge in [-0.05, 0) is 38.7 Å². The number of benzene rings is 1. The summed E-state index contributed by atoms with van der Waals surface area (Å²) in [5.74, 6) is 1.51. The molecule has 18 heavy (non-hydrogen) atoms. The van der Waals surface area contributed by atoms with E-state index in [-0.39, 0.29) is 18.6 Å². The molecule has 98 valence electrons. The van der Waals surface area contributed by atoms with Gasteiger partial charge in [-0.1, -0.05) is 13.3 Å². The van der Waals surface area contributed by atoms with Gasteiger partial charge in [-0.25, -0.2) is 0 Å². The van der Waals surface area contributed by atoms with Crippen molar-refractivity contribution in [2.45, 2.75) is 25.8 Å². The van der Waals surface area contributed by atoms with Crippen LogP contribution in [-0.4, -0.2) is 37.6 Å². The number of ketones is 1. The van der Waals surface area contributed by atoms with Crippen LogP contribution in [0.3, 0.4) is 0 Å². The van der Waals surface area contributed by atoms with Gasteiger partial charge in [-0.2, -0.15) is 0 Å². The molecule has 2 rings (SSSR count). The van der Waals surface area contributed by atoms with Gasteiger partial charge in [0.1, 0.15) is 0 Å². The van der Waals surface area contributed by atoms with E-state index in [0.717, 1.165) is 12.8 Å². The molecule has 0 aromatic heterocycles. The number of hydrogen-bond acceptors (Lipinski definition) is 4. The number of rotatable bonds is 5. The van der Waals surface area contributed by atoms with Gasteiger partial charge in [-0.15, -0.1) is 0 Å². The molecule has 0 radical (unpaired) electrons. The van der Waals surface area contributed by atoms with Crippen LogP contribution in [0.1, 0.15) is 30.1 Å². The second-order valence-electron chi connectivity index (χ2n) is 4.70. The highest BCUT2D eigenvalue weighted by atomic mass is 16.7. The van der Waals surface area contributed by atoms with Crippen LogP contribution in [-0.2, 0) is 0 Å². The van der Waals surface area contributed by atoms with Crippen LogP contribution in [0.25, 0.3) is 0 Å². The van der Waals surface area contributed by atoms with Crippen molar-refractivity contribution in [3.05, 3.63) is 23.8 Å². The molecule has 1 aromatic rings. The molecule has 1 atom stereocenters. The first-order valence-corrected chi connectivity index (χ1v) is 6.23. The van der Waals surface area contributed by atoms with Gasteiger partial charge in [0.15, 0.2) is 17.3 Å². The fourth-order valence-corrected chi connectivity index (χ4v) is 2.14. The monoisotopic (exact) mass is 249 g/mol. The second-order valence-corrected chi connectivity index (χ2v) is 4.70. The highest BCUT2D eigenvalue weighted by Crippen LogP contribution is 2.33. The molecule has 1 heterocycles. The Morgan fingerprint density at radius 1 is 1.33 bits per heavy atom. The number of nitrogens with zero attached hydrogens (tertiary/aromatic N) is 1. The third kappa shape index (κ3) is 2.48. The van der Waals surface area contributed by atoms with Gasteiger partial charge in [0, 0.05) is 5.56 Å². The molecule has 0 spiro atoms. The summed E-state index contributed by atoms with van der Waals surface area (Å²) in [5, 5.41) is 0. The molecule has 0 saturated carbocycles. The number of hydrogen-bond donors (Lipinski definition) is 0. The highest BCUT2D eigenvalue weighted by molar-refractivity contribution is 6.00. The van der Waals surface area contributed by atoms with Gasteiger partial charge in [0.05, 0.1) is 6.04 Å². The Morgan fingerprint density at radius 3 is 2.72 bits per heavy atom. The Morgan fingerprint density at radius 2 is 2.06 bits per heavy atom. The first-order chi connectivity index (χ1) is 8.63. The van der Waals surface area contributed by atoms with Gasteiger partial charge in [0.2, 0.25) is 6.79 Å². The molecule has 0 N–H and O–H groups in total. The van der Waals surface area contributed by atoms with E-state index in [1.807, 2.05) is 25.1 Å². The highest BCUT2D eigenvalue weighted by Gasteiger charge is 2.23. The molecule has 0 saturated heterocycles. The zero-order valence-electron chi connectivity index (χ0n) is 11.1.